The smallest absolute Gasteiger partial charge is 0.305 e. The molecule has 0 spiro atoms. The van der Waals surface area contributed by atoms with E-state index >= 15 is 0 Å². The van der Waals surface area contributed by atoms with E-state index in [-0.39, 0.29) is 12.3 Å². The molecule has 102 valence electrons. The van der Waals surface area contributed by atoms with Crippen molar-refractivity contribution in [2.75, 3.05) is 23.9 Å². The van der Waals surface area contributed by atoms with E-state index in [1.165, 1.54) is 4.90 Å². The van der Waals surface area contributed by atoms with Crippen LogP contribution in [-0.2, 0) is 9.59 Å². The van der Waals surface area contributed by atoms with Gasteiger partial charge in [0.05, 0.1) is 17.8 Å². The van der Waals surface area contributed by atoms with Gasteiger partial charge in [0, 0.05) is 19.1 Å². The monoisotopic (exact) mass is 282 g/mol. The Hall–Kier alpha value is -1.75. The highest BCUT2D eigenvalue weighted by Gasteiger charge is 2.36. The Balaban J connectivity index is 2.54. The molecule has 0 saturated heterocycles. The Morgan fingerprint density at radius 1 is 1.42 bits per heavy atom. The summed E-state index contributed by atoms with van der Waals surface area (Å²) < 4.78 is 0. The summed E-state index contributed by atoms with van der Waals surface area (Å²) >= 11 is 6.08. The van der Waals surface area contributed by atoms with E-state index in [4.69, 9.17) is 16.7 Å². The molecular weight excluding hydrogens is 268 g/mol. The fourth-order valence-corrected chi connectivity index (χ4v) is 2.58. The lowest BCUT2D eigenvalue weighted by Gasteiger charge is -2.40. The predicted octanol–water partition coefficient (Wildman–Crippen LogP) is 1.90. The number of hydrogen-bond donors (Lipinski definition) is 1. The minimum atomic E-state index is -0.993. The van der Waals surface area contributed by atoms with Crippen molar-refractivity contribution in [3.05, 3.63) is 22.7 Å². The number of carbonyl (C=O) groups excluding carboxylic acids is 1. The van der Waals surface area contributed by atoms with Gasteiger partial charge < -0.3 is 14.9 Å². The van der Waals surface area contributed by atoms with Crippen LogP contribution in [0.15, 0.2) is 12.1 Å². The van der Waals surface area contributed by atoms with E-state index in [2.05, 4.69) is 0 Å². The molecule has 1 amide bonds. The number of likely N-dealkylation sites (N-methyl/N-ethyl adjacent to an activating group) is 2. The highest BCUT2D eigenvalue weighted by molar-refractivity contribution is 6.32. The van der Waals surface area contributed by atoms with E-state index in [9.17, 15) is 9.59 Å². The van der Waals surface area contributed by atoms with Crippen LogP contribution in [0.1, 0.15) is 12.0 Å². The van der Waals surface area contributed by atoms with E-state index in [0.717, 1.165) is 16.9 Å². The zero-order valence-electron chi connectivity index (χ0n) is 11.0. The molecule has 1 heterocycles. The number of rotatable bonds is 2. The number of amides is 1. The molecule has 0 saturated carbocycles. The molecule has 0 bridgehead atoms. The Bertz CT molecular complexity index is 559. The molecule has 1 aromatic carbocycles. The Labute approximate surface area is 116 Å². The van der Waals surface area contributed by atoms with Gasteiger partial charge in [0.1, 0.15) is 6.04 Å². The van der Waals surface area contributed by atoms with Gasteiger partial charge in [-0.15, -0.1) is 0 Å². The second-order valence-electron chi connectivity index (χ2n) is 4.66. The topological polar surface area (TPSA) is 60.9 Å². The van der Waals surface area contributed by atoms with Crippen molar-refractivity contribution in [1.29, 1.82) is 0 Å². The Morgan fingerprint density at radius 3 is 2.63 bits per heavy atom. The van der Waals surface area contributed by atoms with Crippen molar-refractivity contribution in [3.8, 4) is 0 Å². The molecule has 1 aliphatic heterocycles. The summed E-state index contributed by atoms with van der Waals surface area (Å²) in [6.07, 6.45) is -0.221. The van der Waals surface area contributed by atoms with Crippen LogP contribution in [0.5, 0.6) is 0 Å². The summed E-state index contributed by atoms with van der Waals surface area (Å²) in [5, 5.41) is 9.50. The molecule has 6 heteroatoms. The van der Waals surface area contributed by atoms with Gasteiger partial charge in [0.2, 0.25) is 5.91 Å². The molecule has 1 aromatic rings. The molecule has 1 N–H and O–H groups in total. The normalized spacial score (nSPS) is 18.5. The van der Waals surface area contributed by atoms with E-state index < -0.39 is 12.0 Å². The fourth-order valence-electron chi connectivity index (χ4n) is 2.43. The zero-order chi connectivity index (χ0) is 14.3. The van der Waals surface area contributed by atoms with E-state index in [0.29, 0.717) is 5.02 Å². The number of anilines is 2. The molecule has 5 nitrogen and oxygen atoms in total. The van der Waals surface area contributed by atoms with Crippen LogP contribution in [0.4, 0.5) is 11.4 Å². The maximum Gasteiger partial charge on any atom is 0.305 e. The maximum absolute atomic E-state index is 12.3. The van der Waals surface area contributed by atoms with Gasteiger partial charge in [-0.3, -0.25) is 9.59 Å². The standard InChI is InChI=1S/C13H15ClN2O3/c1-7-8(14)4-5-9-12(7)16(3)13(19)10(15(9)2)6-11(17)18/h4-5,10H,6H2,1-3H3,(H,17,18). The lowest BCUT2D eigenvalue weighted by atomic mass is 10.0. The van der Waals surface area contributed by atoms with Gasteiger partial charge in [0.25, 0.3) is 0 Å². The largest absolute Gasteiger partial charge is 0.481 e. The Kier molecular flexibility index (Phi) is 3.41. The third kappa shape index (κ3) is 2.14. The van der Waals surface area contributed by atoms with Crippen molar-refractivity contribution in [2.24, 2.45) is 0 Å². The van der Waals surface area contributed by atoms with Crippen molar-refractivity contribution < 1.29 is 14.7 Å². The van der Waals surface area contributed by atoms with E-state index in [1.54, 1.807) is 25.1 Å². The van der Waals surface area contributed by atoms with Crippen LogP contribution in [0.25, 0.3) is 0 Å². The number of halogens is 1. The first-order valence-corrected chi connectivity index (χ1v) is 6.23. The highest BCUT2D eigenvalue weighted by atomic mass is 35.5. The third-order valence-electron chi connectivity index (χ3n) is 3.51. The molecule has 2 rings (SSSR count). The zero-order valence-corrected chi connectivity index (χ0v) is 11.7. The van der Waals surface area contributed by atoms with Crippen LogP contribution >= 0.6 is 11.6 Å². The maximum atomic E-state index is 12.3. The number of carbonyl (C=O) groups is 2. The summed E-state index contributed by atoms with van der Waals surface area (Å²) in [6, 6.07) is 2.88. The number of benzene rings is 1. The first-order valence-electron chi connectivity index (χ1n) is 5.86. The molecule has 0 fully saturated rings. The number of carboxylic acid groups (broad SMARTS) is 1. The van der Waals surface area contributed by atoms with Crippen LogP contribution in [0, 0.1) is 6.92 Å². The minimum absolute atomic E-state index is 0.221. The average molecular weight is 283 g/mol. The summed E-state index contributed by atoms with van der Waals surface area (Å²) in [5.41, 5.74) is 2.37. The van der Waals surface area contributed by atoms with Gasteiger partial charge >= 0.3 is 5.97 Å². The summed E-state index contributed by atoms with van der Waals surface area (Å²) in [6.45, 7) is 1.84. The summed E-state index contributed by atoms with van der Waals surface area (Å²) in [4.78, 5) is 26.3. The van der Waals surface area contributed by atoms with E-state index in [1.807, 2.05) is 13.0 Å². The van der Waals surface area contributed by atoms with Crippen LogP contribution in [0.2, 0.25) is 5.02 Å². The van der Waals surface area contributed by atoms with Crippen molar-refractivity contribution >= 4 is 34.9 Å². The number of carboxylic acids is 1. The minimum Gasteiger partial charge on any atom is -0.481 e. The first-order chi connectivity index (χ1) is 8.84. The van der Waals surface area contributed by atoms with Crippen LogP contribution < -0.4 is 9.80 Å². The van der Waals surface area contributed by atoms with Gasteiger partial charge in [-0.1, -0.05) is 11.6 Å². The third-order valence-corrected chi connectivity index (χ3v) is 3.92. The van der Waals surface area contributed by atoms with Crippen molar-refractivity contribution in [3.63, 3.8) is 0 Å². The summed E-state index contributed by atoms with van der Waals surface area (Å²) in [5.74, 6) is -1.23. The van der Waals surface area contributed by atoms with Crippen LogP contribution in [-0.4, -0.2) is 37.1 Å². The number of hydrogen-bond acceptors (Lipinski definition) is 3. The average Bonchev–Trinajstić information content (AvgIpc) is 2.35. The number of fused-ring (bicyclic) bond motifs is 1. The Morgan fingerprint density at radius 2 is 2.05 bits per heavy atom. The van der Waals surface area contributed by atoms with Gasteiger partial charge in [-0.25, -0.2) is 0 Å². The quantitative estimate of drug-likeness (QED) is 0.900. The molecular formula is C13H15ClN2O3. The SMILES string of the molecule is Cc1c(Cl)ccc2c1N(C)C(=O)C(CC(=O)O)N2C. The molecule has 1 aliphatic rings. The lowest BCUT2D eigenvalue weighted by molar-refractivity contribution is -0.139. The number of aliphatic carboxylic acids is 1. The second kappa shape index (κ2) is 4.74. The predicted molar refractivity (Wildman–Crippen MR) is 74.0 cm³/mol. The fraction of sp³-hybridized carbons (Fsp3) is 0.385. The van der Waals surface area contributed by atoms with Crippen LogP contribution in [0.3, 0.4) is 0 Å². The molecule has 19 heavy (non-hydrogen) atoms. The van der Waals surface area contributed by atoms with Crippen molar-refractivity contribution in [2.45, 2.75) is 19.4 Å². The van der Waals surface area contributed by atoms with Gasteiger partial charge in [-0.2, -0.15) is 0 Å². The molecule has 0 aromatic heterocycles. The van der Waals surface area contributed by atoms with Gasteiger partial charge in [0.15, 0.2) is 0 Å². The van der Waals surface area contributed by atoms with Gasteiger partial charge in [-0.05, 0) is 24.6 Å². The highest BCUT2D eigenvalue weighted by Crippen LogP contribution is 2.40. The second-order valence-corrected chi connectivity index (χ2v) is 5.07. The molecule has 0 aliphatic carbocycles. The summed E-state index contributed by atoms with van der Waals surface area (Å²) in [7, 11) is 3.37. The molecule has 1 unspecified atom stereocenters. The first kappa shape index (κ1) is 13.7. The lowest BCUT2D eigenvalue weighted by Crippen LogP contribution is -2.51. The molecule has 1 atom stereocenters. The molecule has 0 radical (unpaired) electrons. The number of nitrogens with zero attached hydrogens (tertiary/aromatic N) is 2. The van der Waals surface area contributed by atoms with Crippen molar-refractivity contribution in [1.82, 2.24) is 0 Å².